The Morgan fingerprint density at radius 1 is 1.22 bits per heavy atom. The van der Waals surface area contributed by atoms with E-state index in [9.17, 15) is 15.0 Å². The smallest absolute Gasteiger partial charge is 0.312 e. The van der Waals surface area contributed by atoms with E-state index in [4.69, 9.17) is 4.74 Å². The van der Waals surface area contributed by atoms with Crippen LogP contribution in [0.4, 0.5) is 0 Å². The third-order valence-electron chi connectivity index (χ3n) is 7.25. The van der Waals surface area contributed by atoms with Crippen molar-refractivity contribution in [2.24, 2.45) is 35.0 Å². The van der Waals surface area contributed by atoms with Gasteiger partial charge in [-0.25, -0.2) is 0 Å². The van der Waals surface area contributed by atoms with Crippen LogP contribution in [0.5, 0.6) is 0 Å². The van der Waals surface area contributed by atoms with Crippen LogP contribution in [0.25, 0.3) is 0 Å². The van der Waals surface area contributed by atoms with Gasteiger partial charge >= 0.3 is 5.97 Å². The molecule has 0 aliphatic heterocycles. The summed E-state index contributed by atoms with van der Waals surface area (Å²) in [6.07, 6.45) is 3.22. The van der Waals surface area contributed by atoms with Crippen LogP contribution in [-0.4, -0.2) is 34.5 Å². The van der Waals surface area contributed by atoms with Crippen LogP contribution < -0.4 is 0 Å². The van der Waals surface area contributed by atoms with Crippen LogP contribution in [0.15, 0.2) is 0 Å². The lowest BCUT2D eigenvalue weighted by atomic mass is 9.75. The van der Waals surface area contributed by atoms with Crippen molar-refractivity contribution in [1.29, 1.82) is 0 Å². The lowest BCUT2D eigenvalue weighted by Gasteiger charge is -2.36. The first-order valence-electron chi connectivity index (χ1n) is 9.36. The summed E-state index contributed by atoms with van der Waals surface area (Å²) in [5, 5.41) is 20.1. The van der Waals surface area contributed by atoms with Gasteiger partial charge in [0.25, 0.3) is 0 Å². The zero-order valence-electron chi connectivity index (χ0n) is 14.9. The minimum absolute atomic E-state index is 0.0128. The highest BCUT2D eigenvalue weighted by atomic mass is 16.5. The average Bonchev–Trinajstić information content (AvgIpc) is 3.11. The van der Waals surface area contributed by atoms with Crippen LogP contribution in [0.3, 0.4) is 0 Å². The lowest BCUT2D eigenvalue weighted by Crippen LogP contribution is -2.41. The fourth-order valence-electron chi connectivity index (χ4n) is 5.56. The van der Waals surface area contributed by atoms with E-state index in [0.717, 1.165) is 25.7 Å². The molecule has 8 unspecified atom stereocenters. The zero-order valence-corrected chi connectivity index (χ0v) is 14.9. The number of carbonyl (C=O) groups excluding carboxylic acids is 1. The fourth-order valence-corrected chi connectivity index (χ4v) is 5.56. The number of aliphatic hydroxyl groups excluding tert-OH is 2. The molecule has 3 rings (SSSR count). The predicted molar refractivity (Wildman–Crippen MR) is 87.6 cm³/mol. The van der Waals surface area contributed by atoms with E-state index in [1.807, 2.05) is 6.92 Å². The maximum absolute atomic E-state index is 12.8. The van der Waals surface area contributed by atoms with Gasteiger partial charge in [-0.05, 0) is 62.2 Å². The summed E-state index contributed by atoms with van der Waals surface area (Å²) in [7, 11) is 0. The van der Waals surface area contributed by atoms with Gasteiger partial charge in [-0.2, -0.15) is 0 Å². The van der Waals surface area contributed by atoms with E-state index < -0.39 is 17.6 Å². The Morgan fingerprint density at radius 2 is 1.91 bits per heavy atom. The molecule has 2 bridgehead atoms. The molecule has 0 saturated heterocycles. The molecule has 4 nitrogen and oxygen atoms in total. The van der Waals surface area contributed by atoms with Crippen LogP contribution >= 0.6 is 0 Å². The van der Waals surface area contributed by atoms with Crippen molar-refractivity contribution in [3.8, 4) is 0 Å². The van der Waals surface area contributed by atoms with Crippen molar-refractivity contribution in [2.75, 3.05) is 0 Å². The summed E-state index contributed by atoms with van der Waals surface area (Å²) in [6, 6.07) is 0. The maximum Gasteiger partial charge on any atom is 0.312 e. The second-order valence-corrected chi connectivity index (χ2v) is 8.70. The number of aliphatic hydroxyl groups is 2. The highest BCUT2D eigenvalue weighted by Gasteiger charge is 2.61. The van der Waals surface area contributed by atoms with Gasteiger partial charge in [0.2, 0.25) is 0 Å². The first-order chi connectivity index (χ1) is 10.8. The highest BCUT2D eigenvalue weighted by Crippen LogP contribution is 2.59. The van der Waals surface area contributed by atoms with Crippen LogP contribution in [-0.2, 0) is 9.53 Å². The van der Waals surface area contributed by atoms with Gasteiger partial charge in [0.1, 0.15) is 6.10 Å². The first-order valence-corrected chi connectivity index (χ1v) is 9.36. The Morgan fingerprint density at radius 3 is 2.52 bits per heavy atom. The summed E-state index contributed by atoms with van der Waals surface area (Å²) >= 11 is 0. The molecule has 132 valence electrons. The maximum atomic E-state index is 12.8. The minimum Gasteiger partial charge on any atom is -0.462 e. The molecule has 3 aliphatic carbocycles. The summed E-state index contributed by atoms with van der Waals surface area (Å²) in [5.74, 6) is 1.49. The SMILES string of the molecule is CCCC(C)(C(=O)OC1CC2CC1C1CC(O)C(O)C21)C(C)C. The van der Waals surface area contributed by atoms with Gasteiger partial charge < -0.3 is 14.9 Å². The average molecular weight is 324 g/mol. The Balaban J connectivity index is 1.68. The van der Waals surface area contributed by atoms with E-state index in [1.165, 1.54) is 0 Å². The molecule has 23 heavy (non-hydrogen) atoms. The highest BCUT2D eigenvalue weighted by molar-refractivity contribution is 5.77. The fraction of sp³-hybridized carbons (Fsp3) is 0.947. The zero-order chi connectivity index (χ0) is 16.9. The molecule has 0 aromatic rings. The second-order valence-electron chi connectivity index (χ2n) is 8.70. The normalized spacial score (nSPS) is 44.4. The molecule has 3 saturated carbocycles. The van der Waals surface area contributed by atoms with E-state index in [1.54, 1.807) is 0 Å². The topological polar surface area (TPSA) is 66.8 Å². The summed E-state index contributed by atoms with van der Waals surface area (Å²) in [4.78, 5) is 12.8. The van der Waals surface area contributed by atoms with E-state index >= 15 is 0 Å². The minimum atomic E-state index is -0.592. The van der Waals surface area contributed by atoms with Crippen LogP contribution in [0.2, 0.25) is 0 Å². The molecule has 3 aliphatic rings. The Bertz CT molecular complexity index is 462. The number of hydrogen-bond donors (Lipinski definition) is 2. The van der Waals surface area contributed by atoms with Crippen molar-refractivity contribution in [3.63, 3.8) is 0 Å². The molecular formula is C19H32O4. The summed E-state index contributed by atoms with van der Waals surface area (Å²) in [5.41, 5.74) is -0.412. The van der Waals surface area contributed by atoms with E-state index in [2.05, 4.69) is 20.8 Å². The molecule has 0 spiro atoms. The van der Waals surface area contributed by atoms with Gasteiger partial charge in [0.15, 0.2) is 0 Å². The standard InChI is InChI=1S/C19H32O4/c1-5-6-19(4,10(2)3)18(22)23-15-8-11-7-12(15)13-9-14(20)17(21)16(11)13/h10-17,20-21H,5-9H2,1-4H3. The monoisotopic (exact) mass is 324 g/mol. The first kappa shape index (κ1) is 17.2. The van der Waals surface area contributed by atoms with Gasteiger partial charge in [-0.3, -0.25) is 4.79 Å². The molecule has 0 heterocycles. The predicted octanol–water partition coefficient (Wildman–Crippen LogP) is 2.76. The molecular weight excluding hydrogens is 292 g/mol. The number of fused-ring (bicyclic) bond motifs is 5. The number of esters is 1. The van der Waals surface area contributed by atoms with Crippen LogP contribution in [0, 0.1) is 35.0 Å². The van der Waals surface area contributed by atoms with Crippen LogP contribution in [0.1, 0.15) is 59.8 Å². The van der Waals surface area contributed by atoms with Crippen molar-refractivity contribution in [2.45, 2.75) is 78.1 Å². The molecule has 0 radical (unpaired) electrons. The number of carbonyl (C=O) groups is 1. The lowest BCUT2D eigenvalue weighted by molar-refractivity contribution is -0.168. The molecule has 2 N–H and O–H groups in total. The van der Waals surface area contributed by atoms with Gasteiger partial charge in [0.05, 0.1) is 17.6 Å². The molecule has 3 fully saturated rings. The third kappa shape index (κ3) is 2.62. The molecule has 8 atom stereocenters. The van der Waals surface area contributed by atoms with E-state index in [-0.39, 0.29) is 23.9 Å². The van der Waals surface area contributed by atoms with Crippen molar-refractivity contribution >= 4 is 5.97 Å². The molecule has 0 aromatic carbocycles. The molecule has 0 amide bonds. The van der Waals surface area contributed by atoms with Crippen molar-refractivity contribution < 1.29 is 19.7 Å². The second kappa shape index (κ2) is 6.03. The molecule has 4 heteroatoms. The Kier molecular flexibility index (Phi) is 4.52. The van der Waals surface area contributed by atoms with Gasteiger partial charge in [0, 0.05) is 0 Å². The largest absolute Gasteiger partial charge is 0.462 e. The van der Waals surface area contributed by atoms with Crippen molar-refractivity contribution in [1.82, 2.24) is 0 Å². The number of rotatable bonds is 5. The third-order valence-corrected chi connectivity index (χ3v) is 7.25. The van der Waals surface area contributed by atoms with Gasteiger partial charge in [-0.15, -0.1) is 0 Å². The number of ether oxygens (including phenoxy) is 1. The Labute approximate surface area is 139 Å². The van der Waals surface area contributed by atoms with E-state index in [0.29, 0.717) is 24.2 Å². The number of hydrogen-bond acceptors (Lipinski definition) is 4. The van der Waals surface area contributed by atoms with Crippen molar-refractivity contribution in [3.05, 3.63) is 0 Å². The Hall–Kier alpha value is -0.610. The molecule has 0 aromatic heterocycles. The quantitative estimate of drug-likeness (QED) is 0.763. The van der Waals surface area contributed by atoms with Gasteiger partial charge in [-0.1, -0.05) is 27.2 Å². The summed E-state index contributed by atoms with van der Waals surface area (Å²) in [6.45, 7) is 8.33. The summed E-state index contributed by atoms with van der Waals surface area (Å²) < 4.78 is 6.00.